The van der Waals surface area contributed by atoms with Crippen LogP contribution in [0.3, 0.4) is 0 Å². The molecule has 0 aromatic heterocycles. The summed E-state index contributed by atoms with van der Waals surface area (Å²) in [6.07, 6.45) is 2.68. The Morgan fingerprint density at radius 3 is 2.12 bits per heavy atom. The average Bonchev–Trinajstić information content (AvgIpc) is 2.67. The van der Waals surface area contributed by atoms with Gasteiger partial charge in [-0.2, -0.15) is 0 Å². The van der Waals surface area contributed by atoms with Crippen LogP contribution in [-0.4, -0.2) is 21.7 Å². The third kappa shape index (κ3) is 6.61. The molecule has 1 rings (SSSR count). The lowest BCUT2D eigenvalue weighted by atomic mass is 10.0. The zero-order chi connectivity index (χ0) is 18.7. The fourth-order valence-corrected chi connectivity index (χ4v) is 5.66. The van der Waals surface area contributed by atoms with E-state index in [0.29, 0.717) is 5.76 Å². The molecular formula is C21H36O3Si. The van der Waals surface area contributed by atoms with E-state index in [1.54, 1.807) is 7.11 Å². The molecular weight excluding hydrogens is 328 g/mol. The Bertz CT molecular complexity index is 477. The van der Waals surface area contributed by atoms with E-state index in [0.717, 1.165) is 37.4 Å². The first-order valence-electron chi connectivity index (χ1n) is 9.66. The zero-order valence-corrected chi connectivity index (χ0v) is 17.7. The standard InChI is InChI=1S/C21H36O3Si/c1-7-11-17-20(19-15-13-12-14-16-19)23-21(22-6)18(5)24-25(8-2,9-3)10-4/h12-16,20-21H,5,7-11,17H2,1-4,6H3. The molecule has 1 aromatic carbocycles. The van der Waals surface area contributed by atoms with Crippen molar-refractivity contribution in [2.24, 2.45) is 0 Å². The van der Waals surface area contributed by atoms with E-state index in [4.69, 9.17) is 13.9 Å². The second-order valence-electron chi connectivity index (χ2n) is 6.56. The highest BCUT2D eigenvalue weighted by Crippen LogP contribution is 2.30. The molecule has 0 aliphatic heterocycles. The van der Waals surface area contributed by atoms with Crippen molar-refractivity contribution >= 4 is 8.32 Å². The van der Waals surface area contributed by atoms with Crippen LogP contribution < -0.4 is 0 Å². The molecule has 3 nitrogen and oxygen atoms in total. The van der Waals surface area contributed by atoms with Gasteiger partial charge >= 0.3 is 0 Å². The predicted octanol–water partition coefficient (Wildman–Crippen LogP) is 6.44. The Kier molecular flexibility index (Phi) is 10.1. The molecule has 0 spiro atoms. The third-order valence-electron chi connectivity index (χ3n) is 5.04. The number of hydrogen-bond donors (Lipinski definition) is 0. The van der Waals surface area contributed by atoms with Crippen molar-refractivity contribution in [3.63, 3.8) is 0 Å². The summed E-state index contributed by atoms with van der Waals surface area (Å²) in [5.74, 6) is 0.622. The summed E-state index contributed by atoms with van der Waals surface area (Å²) >= 11 is 0. The maximum Gasteiger partial charge on any atom is 0.250 e. The van der Waals surface area contributed by atoms with Crippen LogP contribution in [0.1, 0.15) is 58.6 Å². The summed E-state index contributed by atoms with van der Waals surface area (Å²) in [4.78, 5) is 0. The monoisotopic (exact) mass is 364 g/mol. The van der Waals surface area contributed by atoms with Crippen molar-refractivity contribution in [3.05, 3.63) is 48.2 Å². The number of hydrogen-bond acceptors (Lipinski definition) is 3. The van der Waals surface area contributed by atoms with E-state index in [2.05, 4.69) is 46.4 Å². The molecule has 0 aliphatic rings. The van der Waals surface area contributed by atoms with Crippen LogP contribution in [0.15, 0.2) is 42.7 Å². The minimum atomic E-state index is -1.77. The molecule has 0 fully saturated rings. The molecule has 4 heteroatoms. The van der Waals surface area contributed by atoms with Gasteiger partial charge in [-0.3, -0.25) is 0 Å². The highest BCUT2D eigenvalue weighted by Gasteiger charge is 2.33. The van der Waals surface area contributed by atoms with Crippen LogP contribution in [0.2, 0.25) is 18.1 Å². The predicted molar refractivity (Wildman–Crippen MR) is 108 cm³/mol. The van der Waals surface area contributed by atoms with Gasteiger partial charge in [0.1, 0.15) is 5.76 Å². The molecule has 0 bridgehead atoms. The lowest BCUT2D eigenvalue weighted by Gasteiger charge is -2.33. The molecule has 0 heterocycles. The van der Waals surface area contributed by atoms with E-state index < -0.39 is 14.6 Å². The summed E-state index contributed by atoms with van der Waals surface area (Å²) in [5.41, 5.74) is 1.18. The van der Waals surface area contributed by atoms with Crippen molar-refractivity contribution < 1.29 is 13.9 Å². The van der Waals surface area contributed by atoms with Gasteiger partial charge in [-0.05, 0) is 30.1 Å². The van der Waals surface area contributed by atoms with Crippen molar-refractivity contribution in [3.8, 4) is 0 Å². The van der Waals surface area contributed by atoms with Gasteiger partial charge < -0.3 is 13.9 Å². The van der Waals surface area contributed by atoms with Gasteiger partial charge in [0.15, 0.2) is 0 Å². The first-order valence-corrected chi connectivity index (χ1v) is 12.2. The SMILES string of the molecule is C=C(O[Si](CC)(CC)CC)C(OC)OC(CCCC)c1ccccc1. The Morgan fingerprint density at radius 1 is 1.04 bits per heavy atom. The number of unbranched alkanes of at least 4 members (excludes halogenated alkanes) is 1. The molecule has 1 aromatic rings. The molecule has 0 amide bonds. The lowest BCUT2D eigenvalue weighted by Crippen LogP contribution is -2.38. The topological polar surface area (TPSA) is 27.7 Å². The van der Waals surface area contributed by atoms with E-state index in [9.17, 15) is 0 Å². The van der Waals surface area contributed by atoms with Crippen LogP contribution in [0.25, 0.3) is 0 Å². The molecule has 0 saturated heterocycles. The zero-order valence-electron chi connectivity index (χ0n) is 16.7. The molecule has 25 heavy (non-hydrogen) atoms. The van der Waals surface area contributed by atoms with Crippen molar-refractivity contribution in [1.82, 2.24) is 0 Å². The number of methoxy groups -OCH3 is 1. The quantitative estimate of drug-likeness (QED) is 0.229. The van der Waals surface area contributed by atoms with Gasteiger partial charge in [0, 0.05) is 7.11 Å². The van der Waals surface area contributed by atoms with Crippen molar-refractivity contribution in [1.29, 1.82) is 0 Å². The minimum absolute atomic E-state index is 0.00704. The van der Waals surface area contributed by atoms with E-state index >= 15 is 0 Å². The van der Waals surface area contributed by atoms with Crippen LogP contribution >= 0.6 is 0 Å². The normalized spacial score (nSPS) is 14.1. The second-order valence-corrected chi connectivity index (χ2v) is 11.2. The Morgan fingerprint density at radius 2 is 1.64 bits per heavy atom. The summed E-state index contributed by atoms with van der Waals surface area (Å²) < 4.78 is 18.3. The molecule has 2 atom stereocenters. The third-order valence-corrected chi connectivity index (χ3v) is 9.60. The maximum absolute atomic E-state index is 6.37. The summed E-state index contributed by atoms with van der Waals surface area (Å²) in [5, 5.41) is 0. The van der Waals surface area contributed by atoms with Gasteiger partial charge in [0.05, 0.1) is 6.10 Å². The highest BCUT2D eigenvalue weighted by atomic mass is 28.4. The Hall–Kier alpha value is -1.10. The Labute approximate surface area is 155 Å². The average molecular weight is 365 g/mol. The van der Waals surface area contributed by atoms with Gasteiger partial charge in [-0.15, -0.1) is 0 Å². The molecule has 0 saturated carbocycles. The maximum atomic E-state index is 6.37. The smallest absolute Gasteiger partial charge is 0.250 e. The van der Waals surface area contributed by atoms with Gasteiger partial charge in [0.2, 0.25) is 14.6 Å². The van der Waals surface area contributed by atoms with Crippen LogP contribution in [0, 0.1) is 0 Å². The second kappa shape index (κ2) is 11.5. The Balaban J connectivity index is 2.86. The minimum Gasteiger partial charge on any atom is -0.543 e. The van der Waals surface area contributed by atoms with Gasteiger partial charge in [-0.1, -0.05) is 77.4 Å². The number of rotatable bonds is 13. The van der Waals surface area contributed by atoms with Crippen LogP contribution in [0.5, 0.6) is 0 Å². The highest BCUT2D eigenvalue weighted by molar-refractivity contribution is 6.73. The van der Waals surface area contributed by atoms with Gasteiger partial charge in [0.25, 0.3) is 0 Å². The molecule has 2 unspecified atom stereocenters. The fourth-order valence-electron chi connectivity index (χ4n) is 3.08. The van der Waals surface area contributed by atoms with Gasteiger partial charge in [-0.25, -0.2) is 0 Å². The van der Waals surface area contributed by atoms with E-state index in [1.807, 2.05) is 18.2 Å². The summed E-state index contributed by atoms with van der Waals surface area (Å²) in [6, 6.07) is 13.6. The summed E-state index contributed by atoms with van der Waals surface area (Å²) in [7, 11) is -0.114. The lowest BCUT2D eigenvalue weighted by molar-refractivity contribution is -0.151. The van der Waals surface area contributed by atoms with Crippen LogP contribution in [-0.2, 0) is 13.9 Å². The number of benzene rings is 1. The molecule has 142 valence electrons. The first-order chi connectivity index (χ1) is 12.1. The summed E-state index contributed by atoms with van der Waals surface area (Å²) in [6.45, 7) is 13.0. The first kappa shape index (κ1) is 21.9. The number of ether oxygens (including phenoxy) is 2. The van der Waals surface area contributed by atoms with E-state index in [1.165, 1.54) is 5.56 Å². The van der Waals surface area contributed by atoms with E-state index in [-0.39, 0.29) is 6.10 Å². The van der Waals surface area contributed by atoms with Crippen molar-refractivity contribution in [2.45, 2.75) is 77.5 Å². The largest absolute Gasteiger partial charge is 0.543 e. The molecule has 0 N–H and O–H groups in total. The van der Waals surface area contributed by atoms with Crippen molar-refractivity contribution in [2.75, 3.05) is 7.11 Å². The fraction of sp³-hybridized carbons (Fsp3) is 0.619. The molecule has 0 radical (unpaired) electrons. The van der Waals surface area contributed by atoms with Crippen LogP contribution in [0.4, 0.5) is 0 Å². The molecule has 0 aliphatic carbocycles.